The Hall–Kier alpha value is 0.400. The summed E-state index contributed by atoms with van der Waals surface area (Å²) in [5, 5.41) is 3.58. The van der Waals surface area contributed by atoms with Crippen molar-refractivity contribution in [2.45, 2.75) is 6.16 Å². The Morgan fingerprint density at radius 2 is 0.962 bits per heavy atom. The van der Waals surface area contributed by atoms with Gasteiger partial charge in [0.25, 0.3) is 0 Å². The van der Waals surface area contributed by atoms with Crippen LogP contribution in [-0.4, -0.2) is 0 Å². The van der Waals surface area contributed by atoms with Gasteiger partial charge >= 0.3 is 59.1 Å². The predicted molar refractivity (Wildman–Crippen MR) is 95.8 cm³/mol. The first-order chi connectivity index (χ1) is 11.5. The van der Waals surface area contributed by atoms with Gasteiger partial charge in [-0.15, -0.1) is 0 Å². The van der Waals surface area contributed by atoms with Crippen molar-refractivity contribution in [2.24, 2.45) is 0 Å². The van der Waals surface area contributed by atoms with Crippen LogP contribution < -0.4 is 89.7 Å². The molecule has 0 fully saturated rings. The molecule has 3 aromatic carbocycles. The van der Waals surface area contributed by atoms with Gasteiger partial charge in [-0.1, -0.05) is 84.9 Å². The summed E-state index contributed by atoms with van der Waals surface area (Å²) in [6.07, 6.45) is -0.443. The van der Waals surface area contributed by atoms with E-state index in [0.717, 1.165) is 5.30 Å². The minimum absolute atomic E-state index is 0. The van der Waals surface area contributed by atoms with E-state index >= 15 is 0 Å². The van der Waals surface area contributed by atoms with Crippen molar-refractivity contribution in [3.05, 3.63) is 90.5 Å². The van der Waals surface area contributed by atoms with Crippen LogP contribution in [0.1, 0.15) is 5.56 Å². The molecule has 122 valence electrons. The van der Waals surface area contributed by atoms with Crippen LogP contribution in [0.15, 0.2) is 84.9 Å². The van der Waals surface area contributed by atoms with Crippen LogP contribution in [0.25, 0.3) is 0 Å². The molecule has 0 aliphatic rings. The van der Waals surface area contributed by atoms with Crippen molar-refractivity contribution in [1.29, 1.82) is 0 Å². The Morgan fingerprint density at radius 1 is 0.577 bits per heavy atom. The van der Waals surface area contributed by atoms with Gasteiger partial charge in [0.2, 0.25) is 0 Å². The van der Waals surface area contributed by atoms with Crippen LogP contribution in [-0.2, 0) is 6.16 Å². The summed E-state index contributed by atoms with van der Waals surface area (Å²) < 4.78 is 0. The molecule has 7 heteroatoms. The molecule has 0 aliphatic carbocycles. The maximum Gasteiger partial charge on any atom is 1.00 e. The number of hydrogen-bond acceptors (Lipinski definition) is 3. The van der Waals surface area contributed by atoms with E-state index < -0.39 is 22.0 Å². The smallest absolute Gasteiger partial charge is 0.687 e. The Balaban J connectivity index is 0.00000169. The largest absolute Gasteiger partial charge is 1.00 e. The van der Waals surface area contributed by atoms with E-state index in [0.29, 0.717) is 5.56 Å². The molecular formula is C19H16Na2O3P2. The van der Waals surface area contributed by atoms with Crippen LogP contribution in [0.4, 0.5) is 0 Å². The summed E-state index contributed by atoms with van der Waals surface area (Å²) in [7, 11) is -5.25. The molecule has 0 saturated heterocycles. The van der Waals surface area contributed by atoms with Crippen molar-refractivity contribution in [3.63, 3.8) is 0 Å². The van der Waals surface area contributed by atoms with Crippen LogP contribution in [0.3, 0.4) is 0 Å². The molecule has 0 amide bonds. The van der Waals surface area contributed by atoms with Gasteiger partial charge in [-0.2, -0.15) is 7.94 Å². The average molecular weight is 400 g/mol. The molecule has 0 atom stereocenters. The van der Waals surface area contributed by atoms with Crippen molar-refractivity contribution < 1.29 is 73.8 Å². The molecular weight excluding hydrogens is 384 g/mol. The van der Waals surface area contributed by atoms with Crippen LogP contribution in [0.2, 0.25) is 0 Å². The van der Waals surface area contributed by atoms with Gasteiger partial charge in [-0.3, -0.25) is 0 Å². The first-order valence-corrected chi connectivity index (χ1v) is 10.6. The summed E-state index contributed by atoms with van der Waals surface area (Å²) >= 11 is 0. The fraction of sp³-hybridized carbons (Fsp3) is 0.0526. The van der Waals surface area contributed by atoms with Crippen molar-refractivity contribution in [3.8, 4) is 0 Å². The molecule has 0 heterocycles. The molecule has 0 aromatic heterocycles. The Bertz CT molecular complexity index is 740. The SMILES string of the molecule is [Na+].[Na+].[O-][P+]([O-])([O-])Cc1ccc(P(c2ccccc2)c2ccccc2)cc1. The van der Waals surface area contributed by atoms with Gasteiger partial charge in [0.1, 0.15) is 0 Å². The van der Waals surface area contributed by atoms with E-state index in [-0.39, 0.29) is 59.1 Å². The zero-order valence-electron chi connectivity index (χ0n) is 14.9. The quantitative estimate of drug-likeness (QED) is 0.318. The molecule has 0 aliphatic heterocycles. The summed E-state index contributed by atoms with van der Waals surface area (Å²) in [5.74, 6) is 0. The fourth-order valence-corrected chi connectivity index (χ4v) is 5.52. The van der Waals surface area contributed by atoms with Crippen LogP contribution in [0, 0.1) is 0 Å². The molecule has 0 bridgehead atoms. The van der Waals surface area contributed by atoms with Crippen molar-refractivity contribution >= 4 is 31.8 Å². The third kappa shape index (κ3) is 7.09. The Kier molecular flexibility index (Phi) is 10.7. The van der Waals surface area contributed by atoms with Crippen molar-refractivity contribution in [2.75, 3.05) is 0 Å². The summed E-state index contributed by atoms with van der Waals surface area (Å²) in [5.41, 5.74) is 0.531. The zero-order chi connectivity index (χ0) is 17.0. The Morgan fingerprint density at radius 3 is 1.35 bits per heavy atom. The molecule has 0 radical (unpaired) electrons. The zero-order valence-corrected chi connectivity index (χ0v) is 20.7. The molecule has 3 nitrogen and oxygen atoms in total. The van der Waals surface area contributed by atoms with Gasteiger partial charge in [0.05, 0.1) is 6.16 Å². The van der Waals surface area contributed by atoms with Gasteiger partial charge in [0.15, 0.2) is 0 Å². The summed E-state index contributed by atoms with van der Waals surface area (Å²) in [4.78, 5) is 32.8. The normalized spacial score (nSPS) is 10.8. The minimum Gasteiger partial charge on any atom is -0.687 e. The second kappa shape index (κ2) is 11.4. The van der Waals surface area contributed by atoms with Gasteiger partial charge in [-0.25, -0.2) is 0 Å². The maximum absolute atomic E-state index is 10.9. The second-order valence-electron chi connectivity index (χ2n) is 5.44. The molecule has 0 unspecified atom stereocenters. The third-order valence-corrected chi connectivity index (χ3v) is 6.80. The number of rotatable bonds is 5. The van der Waals surface area contributed by atoms with Crippen LogP contribution >= 0.6 is 15.9 Å². The molecule has 0 N–H and O–H groups in total. The van der Waals surface area contributed by atoms with Gasteiger partial charge < -0.3 is 14.7 Å². The molecule has 3 aromatic rings. The van der Waals surface area contributed by atoms with E-state index in [1.165, 1.54) is 10.6 Å². The third-order valence-electron chi connectivity index (χ3n) is 3.60. The number of hydrogen-bond donors (Lipinski definition) is 0. The van der Waals surface area contributed by atoms with E-state index in [1.807, 2.05) is 48.5 Å². The first kappa shape index (κ1) is 24.4. The molecule has 0 spiro atoms. The fourth-order valence-electron chi connectivity index (χ4n) is 2.58. The second-order valence-corrected chi connectivity index (χ2v) is 9.20. The molecule has 3 rings (SSSR count). The van der Waals surface area contributed by atoms with Gasteiger partial charge in [-0.05, 0) is 29.4 Å². The topological polar surface area (TPSA) is 69.2 Å². The standard InChI is InChI=1S/C19H18O3P2.2Na/c20-24(21,22)15-16-11-13-19(14-12-16)23(17-7-3-1-4-8-17)18-9-5-2-6-10-18;;/h1-14H,15H2,(H2,20,21,22);;/q;2*+1/p-2. The van der Waals surface area contributed by atoms with E-state index in [9.17, 15) is 14.7 Å². The van der Waals surface area contributed by atoms with E-state index in [1.54, 1.807) is 12.1 Å². The average Bonchev–Trinajstić information content (AvgIpc) is 2.57. The summed E-state index contributed by atoms with van der Waals surface area (Å²) in [6, 6.07) is 27.8. The van der Waals surface area contributed by atoms with Crippen molar-refractivity contribution in [1.82, 2.24) is 0 Å². The van der Waals surface area contributed by atoms with Gasteiger partial charge in [0, 0.05) is 0 Å². The van der Waals surface area contributed by atoms with E-state index in [4.69, 9.17) is 0 Å². The molecule has 26 heavy (non-hydrogen) atoms. The number of benzene rings is 3. The van der Waals surface area contributed by atoms with E-state index in [2.05, 4.69) is 24.3 Å². The predicted octanol–water partition coefficient (Wildman–Crippen LogP) is -5.20. The molecule has 0 saturated carbocycles. The summed E-state index contributed by atoms with van der Waals surface area (Å²) in [6.45, 7) is 0. The first-order valence-electron chi connectivity index (χ1n) is 7.53. The minimum atomic E-state index is -4.54. The maximum atomic E-state index is 10.9. The van der Waals surface area contributed by atoms with Crippen LogP contribution in [0.5, 0.6) is 0 Å². The monoisotopic (exact) mass is 400 g/mol. The Labute approximate surface area is 200 Å².